The number of ether oxygens (including phenoxy) is 1. The lowest BCUT2D eigenvalue weighted by Gasteiger charge is -2.23. The van der Waals surface area contributed by atoms with E-state index in [0.29, 0.717) is 11.8 Å². The Morgan fingerprint density at radius 2 is 2.38 bits per heavy atom. The number of methoxy groups -OCH3 is 1. The summed E-state index contributed by atoms with van der Waals surface area (Å²) in [6, 6.07) is 5.84. The van der Waals surface area contributed by atoms with Gasteiger partial charge < -0.3 is 14.2 Å². The van der Waals surface area contributed by atoms with Crippen LogP contribution in [0, 0.1) is 5.92 Å². The first-order valence-electron chi connectivity index (χ1n) is 8.17. The van der Waals surface area contributed by atoms with Crippen LogP contribution in [-0.4, -0.2) is 58.6 Å². The molecule has 7 heteroatoms. The van der Waals surface area contributed by atoms with Crippen LogP contribution in [0.3, 0.4) is 0 Å². The summed E-state index contributed by atoms with van der Waals surface area (Å²) in [7, 11) is 1.51. The van der Waals surface area contributed by atoms with Crippen molar-refractivity contribution in [2.45, 2.75) is 19.0 Å². The lowest BCUT2D eigenvalue weighted by Crippen LogP contribution is -2.39. The summed E-state index contributed by atoms with van der Waals surface area (Å²) in [4.78, 5) is 21.2. The highest BCUT2D eigenvalue weighted by atomic mass is 16.5. The van der Waals surface area contributed by atoms with Gasteiger partial charge in [0.1, 0.15) is 0 Å². The van der Waals surface area contributed by atoms with Crippen LogP contribution < -0.4 is 4.74 Å². The van der Waals surface area contributed by atoms with Crippen LogP contribution in [0.15, 0.2) is 35.1 Å². The minimum atomic E-state index is -0.0958. The van der Waals surface area contributed by atoms with E-state index in [2.05, 4.69) is 21.1 Å². The summed E-state index contributed by atoms with van der Waals surface area (Å²) < 4.78 is 10.1. The molecule has 0 spiro atoms. The Kier molecular flexibility index (Phi) is 3.93. The predicted octanol–water partition coefficient (Wildman–Crippen LogP) is 1.42. The maximum absolute atomic E-state index is 12.7. The van der Waals surface area contributed by atoms with E-state index < -0.39 is 0 Å². The fraction of sp³-hybridized carbons (Fsp3) is 0.471. The molecule has 0 aliphatic carbocycles. The predicted molar refractivity (Wildman–Crippen MR) is 85.5 cm³/mol. The fourth-order valence-corrected chi connectivity index (χ4v) is 3.78. The van der Waals surface area contributed by atoms with Gasteiger partial charge in [0, 0.05) is 44.6 Å². The first-order chi connectivity index (χ1) is 11.7. The average Bonchev–Trinajstić information content (AvgIpc) is 3.30. The van der Waals surface area contributed by atoms with Crippen molar-refractivity contribution in [1.29, 1.82) is 0 Å². The van der Waals surface area contributed by atoms with E-state index in [-0.39, 0.29) is 17.7 Å². The molecule has 4 heterocycles. The van der Waals surface area contributed by atoms with E-state index in [0.717, 1.165) is 32.6 Å². The van der Waals surface area contributed by atoms with Gasteiger partial charge in [-0.25, -0.2) is 0 Å². The van der Waals surface area contributed by atoms with Crippen molar-refractivity contribution >= 4 is 5.91 Å². The molecule has 7 nitrogen and oxygen atoms in total. The highest BCUT2D eigenvalue weighted by molar-refractivity contribution is 5.92. The Labute approximate surface area is 140 Å². The van der Waals surface area contributed by atoms with Gasteiger partial charge in [-0.3, -0.25) is 14.7 Å². The van der Waals surface area contributed by atoms with E-state index in [4.69, 9.17) is 9.26 Å². The first-order valence-corrected chi connectivity index (χ1v) is 8.17. The zero-order valence-corrected chi connectivity index (χ0v) is 13.6. The molecule has 0 bridgehead atoms. The van der Waals surface area contributed by atoms with Crippen LogP contribution in [0.4, 0.5) is 0 Å². The zero-order chi connectivity index (χ0) is 16.5. The van der Waals surface area contributed by atoms with Crippen LogP contribution in [0.5, 0.6) is 5.88 Å². The number of hydrogen-bond donors (Lipinski definition) is 0. The maximum atomic E-state index is 12.7. The highest BCUT2D eigenvalue weighted by Gasteiger charge is 2.44. The lowest BCUT2D eigenvalue weighted by atomic mass is 10.1. The molecule has 2 aromatic rings. The summed E-state index contributed by atoms with van der Waals surface area (Å²) in [6.45, 7) is 3.55. The monoisotopic (exact) mass is 328 g/mol. The first kappa shape index (κ1) is 15.1. The van der Waals surface area contributed by atoms with Crippen molar-refractivity contribution in [3.63, 3.8) is 0 Å². The molecule has 2 aliphatic heterocycles. The third-order valence-electron chi connectivity index (χ3n) is 4.92. The second-order valence-corrected chi connectivity index (χ2v) is 6.40. The molecule has 24 heavy (non-hydrogen) atoms. The number of nitrogens with zero attached hydrogens (tertiary/aromatic N) is 4. The molecule has 126 valence electrons. The van der Waals surface area contributed by atoms with Gasteiger partial charge in [0.25, 0.3) is 11.8 Å². The second kappa shape index (κ2) is 6.24. The molecule has 2 aliphatic rings. The van der Waals surface area contributed by atoms with Gasteiger partial charge >= 0.3 is 0 Å². The molecular weight excluding hydrogens is 308 g/mol. The van der Waals surface area contributed by atoms with Gasteiger partial charge in [-0.2, -0.15) is 0 Å². The van der Waals surface area contributed by atoms with Gasteiger partial charge in [-0.05, 0) is 29.1 Å². The van der Waals surface area contributed by atoms with E-state index in [1.54, 1.807) is 12.3 Å². The lowest BCUT2D eigenvalue weighted by molar-refractivity contribution is 0.0684. The number of likely N-dealkylation sites (tertiary alicyclic amines) is 2. The summed E-state index contributed by atoms with van der Waals surface area (Å²) >= 11 is 0. The molecular formula is C17H20N4O3. The molecule has 2 saturated heterocycles. The Balaban J connectivity index is 1.43. The van der Waals surface area contributed by atoms with Crippen LogP contribution in [0.1, 0.15) is 22.5 Å². The molecule has 1 amide bonds. The Morgan fingerprint density at radius 3 is 3.12 bits per heavy atom. The van der Waals surface area contributed by atoms with Crippen molar-refractivity contribution in [2.24, 2.45) is 5.92 Å². The maximum Gasteiger partial charge on any atom is 0.292 e. The molecule has 2 fully saturated rings. The smallest absolute Gasteiger partial charge is 0.292 e. The van der Waals surface area contributed by atoms with Gasteiger partial charge in [0.05, 0.1) is 13.2 Å². The second-order valence-electron chi connectivity index (χ2n) is 6.40. The number of amides is 1. The Morgan fingerprint density at radius 1 is 1.46 bits per heavy atom. The summed E-state index contributed by atoms with van der Waals surface area (Å²) in [6.07, 6.45) is 4.72. The largest absolute Gasteiger partial charge is 0.479 e. The number of pyridine rings is 1. The number of rotatable bonds is 4. The number of carbonyl (C=O) groups is 1. The number of carbonyl (C=O) groups excluding carboxylic acids is 1. The average molecular weight is 328 g/mol. The minimum Gasteiger partial charge on any atom is -0.479 e. The van der Waals surface area contributed by atoms with E-state index >= 15 is 0 Å². The molecule has 4 rings (SSSR count). The van der Waals surface area contributed by atoms with Crippen molar-refractivity contribution in [1.82, 2.24) is 19.9 Å². The zero-order valence-electron chi connectivity index (χ0n) is 13.6. The minimum absolute atomic E-state index is 0.0958. The third-order valence-corrected chi connectivity index (χ3v) is 4.92. The summed E-state index contributed by atoms with van der Waals surface area (Å²) in [5, 5.41) is 3.72. The number of fused-ring (bicyclic) bond motifs is 1. The number of aromatic nitrogens is 2. The quantitative estimate of drug-likeness (QED) is 0.845. The summed E-state index contributed by atoms with van der Waals surface area (Å²) in [5.74, 6) is 1.01. The third kappa shape index (κ3) is 2.75. The van der Waals surface area contributed by atoms with Crippen LogP contribution in [0.25, 0.3) is 0 Å². The van der Waals surface area contributed by atoms with Crippen LogP contribution >= 0.6 is 0 Å². The Bertz CT molecular complexity index is 718. The normalized spacial score (nSPS) is 23.5. The fourth-order valence-electron chi connectivity index (χ4n) is 3.78. The van der Waals surface area contributed by atoms with Crippen molar-refractivity contribution < 1.29 is 14.1 Å². The number of hydrogen-bond acceptors (Lipinski definition) is 6. The van der Waals surface area contributed by atoms with Crippen LogP contribution in [-0.2, 0) is 6.54 Å². The SMILES string of the molecule is COc1cc(C(=O)N2CC[C@H]3CN(Cc4cccnc4)C[C@H]32)on1. The van der Waals surface area contributed by atoms with E-state index in [1.165, 1.54) is 12.7 Å². The van der Waals surface area contributed by atoms with E-state index in [9.17, 15) is 4.79 Å². The standard InChI is InChI=1S/C17H20N4O3/c1-23-16-7-15(24-19-16)17(22)21-6-4-13-10-20(11-14(13)21)9-12-3-2-5-18-8-12/h2-3,5,7-8,13-14H,4,6,9-11H2,1H3/t13-,14+/m0/s1. The topological polar surface area (TPSA) is 71.7 Å². The van der Waals surface area contributed by atoms with Gasteiger partial charge in [0.15, 0.2) is 0 Å². The molecule has 0 radical (unpaired) electrons. The van der Waals surface area contributed by atoms with Crippen molar-refractivity contribution in [3.8, 4) is 5.88 Å². The molecule has 0 aromatic carbocycles. The van der Waals surface area contributed by atoms with E-state index in [1.807, 2.05) is 17.2 Å². The molecule has 0 unspecified atom stereocenters. The highest BCUT2D eigenvalue weighted by Crippen LogP contribution is 2.33. The molecule has 0 N–H and O–H groups in total. The van der Waals surface area contributed by atoms with Crippen molar-refractivity contribution in [3.05, 3.63) is 41.9 Å². The summed E-state index contributed by atoms with van der Waals surface area (Å²) in [5.41, 5.74) is 1.20. The van der Waals surface area contributed by atoms with Gasteiger partial charge in [-0.1, -0.05) is 6.07 Å². The molecule has 0 saturated carbocycles. The van der Waals surface area contributed by atoms with Crippen LogP contribution in [0.2, 0.25) is 0 Å². The van der Waals surface area contributed by atoms with Gasteiger partial charge in [0.2, 0.25) is 5.76 Å². The van der Waals surface area contributed by atoms with Crippen molar-refractivity contribution in [2.75, 3.05) is 26.7 Å². The molecule has 2 aromatic heterocycles. The Hall–Kier alpha value is -2.41. The van der Waals surface area contributed by atoms with Gasteiger partial charge in [-0.15, -0.1) is 0 Å². The molecule has 2 atom stereocenters.